The standard InChI is InChI=1S/C18H24N2O4S2/c1-11(2)20(26(22,23)18-13(5)19-14(6)25-18)16-9-7-8-15(10-21)17(16)24-12(3)4/h7-12H,1-6H3. The lowest BCUT2D eigenvalue weighted by atomic mass is 10.1. The Hall–Kier alpha value is -1.93. The van der Waals surface area contributed by atoms with Gasteiger partial charge < -0.3 is 4.74 Å². The summed E-state index contributed by atoms with van der Waals surface area (Å²) >= 11 is 1.14. The van der Waals surface area contributed by atoms with Crippen LogP contribution in [0, 0.1) is 13.8 Å². The van der Waals surface area contributed by atoms with E-state index in [9.17, 15) is 13.2 Å². The molecule has 0 fully saturated rings. The molecule has 0 aliphatic heterocycles. The highest BCUT2D eigenvalue weighted by molar-refractivity contribution is 7.94. The van der Waals surface area contributed by atoms with Crippen molar-refractivity contribution < 1.29 is 17.9 Å². The Balaban J connectivity index is 2.72. The second kappa shape index (κ2) is 7.75. The number of aldehydes is 1. The minimum Gasteiger partial charge on any atom is -0.488 e. The van der Waals surface area contributed by atoms with Gasteiger partial charge in [0.15, 0.2) is 16.2 Å². The summed E-state index contributed by atoms with van der Waals surface area (Å²) in [5.41, 5.74) is 1.13. The monoisotopic (exact) mass is 396 g/mol. The van der Waals surface area contributed by atoms with E-state index in [-0.39, 0.29) is 22.1 Å². The lowest BCUT2D eigenvalue weighted by molar-refractivity contribution is 0.111. The van der Waals surface area contributed by atoms with Crippen LogP contribution in [0.1, 0.15) is 48.8 Å². The molecular formula is C18H24N2O4S2. The molecule has 0 aliphatic carbocycles. The summed E-state index contributed by atoms with van der Waals surface area (Å²) in [4.78, 5) is 15.7. The van der Waals surface area contributed by atoms with Gasteiger partial charge in [-0.1, -0.05) is 6.07 Å². The molecule has 1 aromatic heterocycles. The van der Waals surface area contributed by atoms with Gasteiger partial charge in [-0.2, -0.15) is 0 Å². The number of benzene rings is 1. The van der Waals surface area contributed by atoms with Gasteiger partial charge in [-0.05, 0) is 53.7 Å². The third-order valence-electron chi connectivity index (χ3n) is 3.57. The van der Waals surface area contributed by atoms with Gasteiger partial charge in [0, 0.05) is 6.04 Å². The molecule has 0 saturated heterocycles. The fourth-order valence-corrected chi connectivity index (χ4v) is 5.92. The van der Waals surface area contributed by atoms with Crippen molar-refractivity contribution in [3.63, 3.8) is 0 Å². The van der Waals surface area contributed by atoms with Crippen molar-refractivity contribution in [1.82, 2.24) is 4.98 Å². The second-order valence-electron chi connectivity index (χ2n) is 6.48. The highest BCUT2D eigenvalue weighted by Gasteiger charge is 2.33. The molecule has 0 atom stereocenters. The molecule has 0 N–H and O–H groups in total. The number of carbonyl (C=O) groups is 1. The maximum absolute atomic E-state index is 13.4. The number of carbonyl (C=O) groups excluding carboxylic acids is 1. The first-order chi connectivity index (χ1) is 12.1. The molecule has 1 heterocycles. The number of thiazole rings is 1. The molecule has 0 bridgehead atoms. The van der Waals surface area contributed by atoms with Crippen LogP contribution in [0.25, 0.3) is 0 Å². The first-order valence-corrected chi connectivity index (χ1v) is 10.6. The third kappa shape index (κ3) is 3.91. The van der Waals surface area contributed by atoms with Crippen molar-refractivity contribution in [1.29, 1.82) is 0 Å². The molecule has 0 radical (unpaired) electrons. The number of aromatic nitrogens is 1. The molecule has 2 aromatic rings. The second-order valence-corrected chi connectivity index (χ2v) is 9.69. The predicted molar refractivity (Wildman–Crippen MR) is 104 cm³/mol. The van der Waals surface area contributed by atoms with E-state index < -0.39 is 10.0 Å². The van der Waals surface area contributed by atoms with Gasteiger partial charge in [0.25, 0.3) is 10.0 Å². The van der Waals surface area contributed by atoms with Crippen molar-refractivity contribution in [2.75, 3.05) is 4.31 Å². The topological polar surface area (TPSA) is 76.6 Å². The molecule has 8 heteroatoms. The molecule has 1 aromatic carbocycles. The summed E-state index contributed by atoms with van der Waals surface area (Å²) in [6.45, 7) is 10.7. The van der Waals surface area contributed by atoms with E-state index in [1.165, 1.54) is 4.31 Å². The van der Waals surface area contributed by atoms with Crippen LogP contribution in [-0.4, -0.2) is 31.8 Å². The van der Waals surface area contributed by atoms with Crippen LogP contribution >= 0.6 is 11.3 Å². The van der Waals surface area contributed by atoms with E-state index in [0.717, 1.165) is 11.3 Å². The largest absolute Gasteiger partial charge is 0.488 e. The van der Waals surface area contributed by atoms with Crippen molar-refractivity contribution in [3.8, 4) is 5.75 Å². The van der Waals surface area contributed by atoms with Crippen LogP contribution in [0.2, 0.25) is 0 Å². The Morgan fingerprint density at radius 1 is 1.19 bits per heavy atom. The van der Waals surface area contributed by atoms with E-state index in [0.29, 0.717) is 28.2 Å². The van der Waals surface area contributed by atoms with Crippen LogP contribution in [0.5, 0.6) is 5.75 Å². The third-order valence-corrected chi connectivity index (χ3v) is 7.22. The number of rotatable bonds is 7. The van der Waals surface area contributed by atoms with Crippen LogP contribution in [0.3, 0.4) is 0 Å². The fraction of sp³-hybridized carbons (Fsp3) is 0.444. The number of sulfonamides is 1. The Morgan fingerprint density at radius 2 is 1.85 bits per heavy atom. The van der Waals surface area contributed by atoms with Crippen LogP contribution in [-0.2, 0) is 10.0 Å². The summed E-state index contributed by atoms with van der Waals surface area (Å²) in [5, 5.41) is 0.685. The molecule has 0 unspecified atom stereocenters. The van der Waals surface area contributed by atoms with Crippen molar-refractivity contribution in [2.24, 2.45) is 0 Å². The molecule has 0 amide bonds. The molecule has 142 valence electrons. The van der Waals surface area contributed by atoms with Crippen LogP contribution in [0.15, 0.2) is 22.4 Å². The lowest BCUT2D eigenvalue weighted by Crippen LogP contribution is -2.37. The average Bonchev–Trinajstić information content (AvgIpc) is 2.87. The zero-order chi connectivity index (χ0) is 19.6. The molecular weight excluding hydrogens is 372 g/mol. The molecule has 26 heavy (non-hydrogen) atoms. The average molecular weight is 397 g/mol. The van der Waals surface area contributed by atoms with E-state index in [1.807, 2.05) is 13.8 Å². The number of aryl methyl sites for hydroxylation is 2. The summed E-state index contributed by atoms with van der Waals surface area (Å²) in [6.07, 6.45) is 0.466. The normalized spacial score (nSPS) is 11.8. The predicted octanol–water partition coefficient (Wildman–Crippen LogP) is 3.96. The van der Waals surface area contributed by atoms with E-state index >= 15 is 0 Å². The SMILES string of the molecule is Cc1nc(C)c(S(=O)(=O)N(c2cccc(C=O)c2OC(C)C)C(C)C)s1. The van der Waals surface area contributed by atoms with Crippen molar-refractivity contribution in [3.05, 3.63) is 34.5 Å². The van der Waals surface area contributed by atoms with E-state index in [1.54, 1.807) is 45.9 Å². The summed E-state index contributed by atoms with van der Waals surface area (Å²) in [7, 11) is -3.85. The molecule has 2 rings (SSSR count). The summed E-state index contributed by atoms with van der Waals surface area (Å²) < 4.78 is 34.1. The van der Waals surface area contributed by atoms with Gasteiger partial charge in [0.05, 0.1) is 28.1 Å². The smallest absolute Gasteiger partial charge is 0.276 e. The lowest BCUT2D eigenvalue weighted by Gasteiger charge is -2.30. The number of nitrogens with zero attached hydrogens (tertiary/aromatic N) is 2. The Bertz CT molecular complexity index is 902. The maximum atomic E-state index is 13.4. The van der Waals surface area contributed by atoms with Gasteiger partial charge in [-0.25, -0.2) is 13.4 Å². The first kappa shape index (κ1) is 20.4. The minimum atomic E-state index is -3.85. The summed E-state index contributed by atoms with van der Waals surface area (Å²) in [5.74, 6) is 0.272. The van der Waals surface area contributed by atoms with Gasteiger partial charge in [0.2, 0.25) is 0 Å². The fourth-order valence-electron chi connectivity index (χ4n) is 2.70. The highest BCUT2D eigenvalue weighted by Crippen LogP contribution is 2.38. The van der Waals surface area contributed by atoms with E-state index in [2.05, 4.69) is 4.98 Å². The van der Waals surface area contributed by atoms with Gasteiger partial charge in [-0.3, -0.25) is 9.10 Å². The number of para-hydroxylation sites is 1. The molecule has 0 saturated carbocycles. The number of hydrogen-bond donors (Lipinski definition) is 0. The maximum Gasteiger partial charge on any atom is 0.276 e. The highest BCUT2D eigenvalue weighted by atomic mass is 32.2. The zero-order valence-electron chi connectivity index (χ0n) is 15.8. The van der Waals surface area contributed by atoms with Crippen LogP contribution < -0.4 is 9.04 Å². The van der Waals surface area contributed by atoms with Crippen molar-refractivity contribution in [2.45, 2.75) is 57.9 Å². The number of anilines is 1. The Labute approximate surface area is 158 Å². The molecule has 0 aliphatic rings. The Morgan fingerprint density at radius 3 is 2.31 bits per heavy atom. The van der Waals surface area contributed by atoms with E-state index in [4.69, 9.17) is 4.74 Å². The summed E-state index contributed by atoms with van der Waals surface area (Å²) in [6, 6.07) is 4.55. The number of hydrogen-bond acceptors (Lipinski definition) is 6. The quantitative estimate of drug-likeness (QED) is 0.662. The zero-order valence-corrected chi connectivity index (χ0v) is 17.4. The molecule has 0 spiro atoms. The molecule has 6 nitrogen and oxygen atoms in total. The van der Waals surface area contributed by atoms with Gasteiger partial charge in [0.1, 0.15) is 0 Å². The Kier molecular flexibility index (Phi) is 6.08. The van der Waals surface area contributed by atoms with Gasteiger partial charge >= 0.3 is 0 Å². The minimum absolute atomic E-state index is 0.204. The van der Waals surface area contributed by atoms with Gasteiger partial charge in [-0.15, -0.1) is 11.3 Å². The number of ether oxygens (including phenoxy) is 1. The first-order valence-electron chi connectivity index (χ1n) is 8.32. The van der Waals surface area contributed by atoms with Crippen molar-refractivity contribution >= 4 is 33.3 Å². The van der Waals surface area contributed by atoms with Crippen LogP contribution in [0.4, 0.5) is 5.69 Å².